The van der Waals surface area contributed by atoms with Crippen LogP contribution in [-0.4, -0.2) is 11.7 Å². The molecule has 116 valence electrons. The van der Waals surface area contributed by atoms with Crippen LogP contribution in [0.25, 0.3) is 0 Å². The third kappa shape index (κ3) is 2.73. The fourth-order valence-corrected chi connectivity index (χ4v) is 3.72. The number of carbonyl (C=O) groups excluding carboxylic acids is 1. The van der Waals surface area contributed by atoms with E-state index >= 15 is 0 Å². The van der Waals surface area contributed by atoms with E-state index in [1.165, 1.54) is 0 Å². The molecule has 0 N–H and O–H groups in total. The zero-order chi connectivity index (χ0) is 16.4. The quantitative estimate of drug-likeness (QED) is 0.799. The average molecular weight is 322 g/mol. The van der Waals surface area contributed by atoms with E-state index < -0.39 is 5.41 Å². The highest BCUT2D eigenvalue weighted by Crippen LogP contribution is 2.44. The molecule has 0 fully saturated rings. The van der Waals surface area contributed by atoms with Crippen LogP contribution >= 0.6 is 11.8 Å². The molecule has 0 aliphatic carbocycles. The van der Waals surface area contributed by atoms with Crippen molar-refractivity contribution in [2.75, 3.05) is 10.7 Å². The number of carbonyl (C=O) groups is 1. The van der Waals surface area contributed by atoms with Crippen LogP contribution in [0.2, 0.25) is 0 Å². The van der Waals surface area contributed by atoms with Crippen molar-refractivity contribution in [3.63, 3.8) is 0 Å². The molecular weight excluding hydrogens is 304 g/mol. The number of anilines is 1. The number of benzene rings is 2. The van der Waals surface area contributed by atoms with Gasteiger partial charge in [0, 0.05) is 11.4 Å². The molecule has 1 heterocycles. The van der Waals surface area contributed by atoms with Gasteiger partial charge in [-0.05, 0) is 42.8 Å². The first-order chi connectivity index (χ1) is 11.1. The number of hydrogen-bond donors (Lipinski definition) is 0. The van der Waals surface area contributed by atoms with E-state index in [1.54, 1.807) is 0 Å². The number of fused-ring (bicyclic) bond motifs is 1. The van der Waals surface area contributed by atoms with Crippen molar-refractivity contribution in [2.24, 2.45) is 0 Å². The molecule has 2 aromatic rings. The molecule has 1 aliphatic rings. The van der Waals surface area contributed by atoms with Gasteiger partial charge < -0.3 is 4.90 Å². The Morgan fingerprint density at radius 1 is 1.22 bits per heavy atom. The van der Waals surface area contributed by atoms with Crippen LogP contribution < -0.4 is 4.90 Å². The number of aryl methyl sites for hydroxylation is 1. The Labute approximate surface area is 140 Å². The van der Waals surface area contributed by atoms with Gasteiger partial charge in [-0.3, -0.25) is 4.79 Å². The number of nitrogens with zero attached hydrogens (tertiary/aromatic N) is 2. The summed E-state index contributed by atoms with van der Waals surface area (Å²) in [5.74, 6) is 0.550. The first-order valence-corrected chi connectivity index (χ1v) is 8.53. The third-order valence-electron chi connectivity index (χ3n) is 4.36. The molecule has 0 saturated heterocycles. The van der Waals surface area contributed by atoms with Crippen LogP contribution in [0.15, 0.2) is 48.5 Å². The van der Waals surface area contributed by atoms with Gasteiger partial charge in [0.2, 0.25) is 5.91 Å². The molecule has 1 atom stereocenters. The van der Waals surface area contributed by atoms with Crippen LogP contribution in [0.3, 0.4) is 0 Å². The van der Waals surface area contributed by atoms with Gasteiger partial charge in [-0.1, -0.05) is 48.0 Å². The molecule has 0 bridgehead atoms. The Bertz CT molecular complexity index is 782. The number of hydrogen-bond acceptors (Lipinski definition) is 3. The molecule has 1 aliphatic heterocycles. The average Bonchev–Trinajstić information content (AvgIpc) is 2.76. The van der Waals surface area contributed by atoms with E-state index in [9.17, 15) is 4.79 Å². The molecule has 0 spiro atoms. The van der Waals surface area contributed by atoms with Gasteiger partial charge in [0.1, 0.15) is 5.40 Å². The summed E-state index contributed by atoms with van der Waals surface area (Å²) in [6.45, 7) is 4.54. The molecule has 0 saturated carbocycles. The number of rotatable bonds is 4. The second kappa shape index (κ2) is 6.10. The zero-order valence-electron chi connectivity index (χ0n) is 13.2. The minimum absolute atomic E-state index is 0.0738. The highest BCUT2D eigenvalue weighted by atomic mass is 32.2. The van der Waals surface area contributed by atoms with E-state index in [0.29, 0.717) is 12.3 Å². The maximum atomic E-state index is 13.1. The molecule has 0 radical (unpaired) electrons. The summed E-state index contributed by atoms with van der Waals surface area (Å²) in [5, 5.41) is 11.0. The van der Waals surface area contributed by atoms with Gasteiger partial charge in [0.05, 0.1) is 12.0 Å². The molecule has 4 heteroatoms. The van der Waals surface area contributed by atoms with Gasteiger partial charge in [-0.15, -0.1) is 0 Å². The SMILES string of the molecule is Cc1ccc2c(c1)C(C)(CSC#N)C(=O)N2Cc1ccccc1. The predicted octanol–water partition coefficient (Wildman–Crippen LogP) is 4.01. The first-order valence-electron chi connectivity index (χ1n) is 7.54. The van der Waals surface area contributed by atoms with E-state index in [2.05, 4.69) is 11.5 Å². The van der Waals surface area contributed by atoms with Gasteiger partial charge in [-0.2, -0.15) is 5.26 Å². The lowest BCUT2D eigenvalue weighted by atomic mass is 9.85. The van der Waals surface area contributed by atoms with Crippen molar-refractivity contribution in [1.29, 1.82) is 5.26 Å². The highest BCUT2D eigenvalue weighted by molar-refractivity contribution is 8.03. The number of thioether (sulfide) groups is 1. The van der Waals surface area contributed by atoms with Crippen molar-refractivity contribution in [2.45, 2.75) is 25.8 Å². The van der Waals surface area contributed by atoms with E-state index in [0.717, 1.165) is 34.1 Å². The zero-order valence-corrected chi connectivity index (χ0v) is 14.1. The summed E-state index contributed by atoms with van der Waals surface area (Å²) in [7, 11) is 0. The third-order valence-corrected chi connectivity index (χ3v) is 5.21. The first kappa shape index (κ1) is 15.6. The molecule has 1 amide bonds. The van der Waals surface area contributed by atoms with Gasteiger partial charge in [-0.25, -0.2) is 0 Å². The lowest BCUT2D eigenvalue weighted by molar-refractivity contribution is -0.122. The maximum Gasteiger partial charge on any atom is 0.238 e. The van der Waals surface area contributed by atoms with Gasteiger partial charge >= 0.3 is 0 Å². The Kier molecular flexibility index (Phi) is 4.14. The lowest BCUT2D eigenvalue weighted by Gasteiger charge is -2.23. The Balaban J connectivity index is 2.03. The van der Waals surface area contributed by atoms with Crippen molar-refractivity contribution >= 4 is 23.4 Å². The monoisotopic (exact) mass is 322 g/mol. The lowest BCUT2D eigenvalue weighted by Crippen LogP contribution is -2.39. The molecule has 23 heavy (non-hydrogen) atoms. The second-order valence-corrected chi connectivity index (χ2v) is 6.87. The molecule has 0 aromatic heterocycles. The van der Waals surface area contributed by atoms with Crippen molar-refractivity contribution in [1.82, 2.24) is 0 Å². The summed E-state index contributed by atoms with van der Waals surface area (Å²) in [6, 6.07) is 16.1. The van der Waals surface area contributed by atoms with E-state index in [1.807, 2.05) is 61.2 Å². The number of thiocyanates is 1. The fourth-order valence-electron chi connectivity index (χ4n) is 3.09. The smallest absolute Gasteiger partial charge is 0.238 e. The fraction of sp³-hybridized carbons (Fsp3) is 0.263. The van der Waals surface area contributed by atoms with Crippen LogP contribution in [0, 0.1) is 17.6 Å². The van der Waals surface area contributed by atoms with Gasteiger partial charge in [0.25, 0.3) is 0 Å². The highest BCUT2D eigenvalue weighted by Gasteiger charge is 2.47. The molecule has 2 aromatic carbocycles. The van der Waals surface area contributed by atoms with Crippen LogP contribution in [0.1, 0.15) is 23.6 Å². The standard InChI is InChI=1S/C19H18N2OS/c1-14-8-9-17-16(10-14)19(2,12-23-13-20)18(22)21(17)11-15-6-4-3-5-7-15/h3-10H,11-12H2,1-2H3. The Hall–Kier alpha value is -2.25. The summed E-state index contributed by atoms with van der Waals surface area (Å²) in [6.07, 6.45) is 0. The minimum Gasteiger partial charge on any atom is -0.307 e. The summed E-state index contributed by atoms with van der Waals surface area (Å²) >= 11 is 1.14. The summed E-state index contributed by atoms with van der Waals surface area (Å²) in [4.78, 5) is 15.0. The second-order valence-electron chi connectivity index (χ2n) is 6.11. The Morgan fingerprint density at radius 3 is 2.65 bits per heavy atom. The summed E-state index contributed by atoms with van der Waals surface area (Å²) < 4.78 is 0. The largest absolute Gasteiger partial charge is 0.307 e. The van der Waals surface area contributed by atoms with Crippen LogP contribution in [0.5, 0.6) is 0 Å². The molecule has 1 unspecified atom stereocenters. The van der Waals surface area contributed by atoms with Crippen molar-refractivity contribution in [3.8, 4) is 5.40 Å². The minimum atomic E-state index is -0.642. The molecular formula is C19H18N2OS. The number of nitriles is 1. The van der Waals surface area contributed by atoms with Crippen LogP contribution in [-0.2, 0) is 16.8 Å². The topological polar surface area (TPSA) is 44.1 Å². The number of amides is 1. The maximum absolute atomic E-state index is 13.1. The normalized spacial score (nSPS) is 19.5. The van der Waals surface area contributed by atoms with Crippen LogP contribution in [0.4, 0.5) is 5.69 Å². The summed E-state index contributed by atoms with van der Waals surface area (Å²) in [5.41, 5.74) is 3.58. The molecule has 3 nitrogen and oxygen atoms in total. The predicted molar refractivity (Wildman–Crippen MR) is 94.2 cm³/mol. The molecule has 3 rings (SSSR count). The van der Waals surface area contributed by atoms with E-state index in [4.69, 9.17) is 5.26 Å². The van der Waals surface area contributed by atoms with Crippen molar-refractivity contribution < 1.29 is 4.79 Å². The van der Waals surface area contributed by atoms with Gasteiger partial charge in [0.15, 0.2) is 0 Å². The van der Waals surface area contributed by atoms with E-state index in [-0.39, 0.29) is 5.91 Å². The van der Waals surface area contributed by atoms with Crippen molar-refractivity contribution in [3.05, 3.63) is 65.2 Å². The Morgan fingerprint density at radius 2 is 1.96 bits per heavy atom.